The summed E-state index contributed by atoms with van der Waals surface area (Å²) in [5.74, 6) is 0.737. The minimum atomic E-state index is 0.0315. The SMILES string of the molecule is CCc1noc(C)c1NC(=O)C1CCC(N)C1. The third-order valence-corrected chi connectivity index (χ3v) is 3.36. The molecule has 2 rings (SSSR count). The number of aromatic nitrogens is 1. The Morgan fingerprint density at radius 1 is 1.59 bits per heavy atom. The summed E-state index contributed by atoms with van der Waals surface area (Å²) in [6.45, 7) is 3.79. The molecule has 1 fully saturated rings. The monoisotopic (exact) mass is 237 g/mol. The molecular weight excluding hydrogens is 218 g/mol. The van der Waals surface area contributed by atoms with E-state index in [1.165, 1.54) is 0 Å². The molecule has 1 aromatic rings. The van der Waals surface area contributed by atoms with Crippen molar-refractivity contribution in [2.24, 2.45) is 11.7 Å². The largest absolute Gasteiger partial charge is 0.359 e. The van der Waals surface area contributed by atoms with Crippen LogP contribution < -0.4 is 11.1 Å². The first-order valence-corrected chi connectivity index (χ1v) is 6.13. The van der Waals surface area contributed by atoms with Gasteiger partial charge in [-0.25, -0.2) is 0 Å². The maximum Gasteiger partial charge on any atom is 0.227 e. The smallest absolute Gasteiger partial charge is 0.227 e. The van der Waals surface area contributed by atoms with Crippen molar-refractivity contribution in [1.82, 2.24) is 5.16 Å². The van der Waals surface area contributed by atoms with E-state index in [2.05, 4.69) is 10.5 Å². The lowest BCUT2D eigenvalue weighted by molar-refractivity contribution is -0.119. The highest BCUT2D eigenvalue weighted by Crippen LogP contribution is 2.27. The van der Waals surface area contributed by atoms with Crippen molar-refractivity contribution in [1.29, 1.82) is 0 Å². The number of anilines is 1. The first-order valence-electron chi connectivity index (χ1n) is 6.13. The second kappa shape index (κ2) is 4.87. The van der Waals surface area contributed by atoms with Gasteiger partial charge in [0, 0.05) is 12.0 Å². The molecule has 5 heteroatoms. The molecule has 0 spiro atoms. The van der Waals surface area contributed by atoms with Gasteiger partial charge in [-0.1, -0.05) is 12.1 Å². The highest BCUT2D eigenvalue weighted by Gasteiger charge is 2.28. The van der Waals surface area contributed by atoms with Gasteiger partial charge in [-0.15, -0.1) is 0 Å². The summed E-state index contributed by atoms with van der Waals surface area (Å²) < 4.78 is 5.08. The number of carbonyl (C=O) groups is 1. The normalized spacial score (nSPS) is 23.9. The van der Waals surface area contributed by atoms with Crippen LogP contribution in [0.1, 0.15) is 37.6 Å². The molecule has 1 aromatic heterocycles. The molecule has 1 saturated carbocycles. The van der Waals surface area contributed by atoms with Crippen LogP contribution in [0.15, 0.2) is 4.52 Å². The van der Waals surface area contributed by atoms with Gasteiger partial charge in [0.05, 0.1) is 0 Å². The van der Waals surface area contributed by atoms with Gasteiger partial charge >= 0.3 is 0 Å². The molecule has 0 bridgehead atoms. The number of nitrogens with two attached hydrogens (primary N) is 1. The predicted molar refractivity (Wildman–Crippen MR) is 64.6 cm³/mol. The summed E-state index contributed by atoms with van der Waals surface area (Å²) in [6.07, 6.45) is 3.33. The van der Waals surface area contributed by atoms with Gasteiger partial charge in [-0.2, -0.15) is 0 Å². The van der Waals surface area contributed by atoms with Crippen molar-refractivity contribution in [2.75, 3.05) is 5.32 Å². The lowest BCUT2D eigenvalue weighted by Crippen LogP contribution is -2.23. The van der Waals surface area contributed by atoms with E-state index in [1.54, 1.807) is 0 Å². The predicted octanol–water partition coefficient (Wildman–Crippen LogP) is 1.61. The van der Waals surface area contributed by atoms with E-state index in [9.17, 15) is 4.79 Å². The molecule has 2 unspecified atom stereocenters. The summed E-state index contributed by atoms with van der Waals surface area (Å²) in [5, 5.41) is 6.84. The van der Waals surface area contributed by atoms with Crippen LogP contribution in [0.3, 0.4) is 0 Å². The molecule has 5 nitrogen and oxygen atoms in total. The van der Waals surface area contributed by atoms with Gasteiger partial charge in [0.15, 0.2) is 5.76 Å². The highest BCUT2D eigenvalue weighted by atomic mass is 16.5. The van der Waals surface area contributed by atoms with E-state index >= 15 is 0 Å². The molecule has 17 heavy (non-hydrogen) atoms. The Kier molecular flexibility index (Phi) is 3.47. The molecular formula is C12H19N3O2. The fraction of sp³-hybridized carbons (Fsp3) is 0.667. The average molecular weight is 237 g/mol. The minimum Gasteiger partial charge on any atom is -0.359 e. The standard InChI is InChI=1S/C12H19N3O2/c1-3-10-11(7(2)17-15-10)14-12(16)8-4-5-9(13)6-8/h8-9H,3-6,13H2,1-2H3,(H,14,16). The van der Waals surface area contributed by atoms with Crippen molar-refractivity contribution < 1.29 is 9.32 Å². The Labute approximate surface area is 101 Å². The van der Waals surface area contributed by atoms with Crippen LogP contribution >= 0.6 is 0 Å². The summed E-state index contributed by atoms with van der Waals surface area (Å²) in [4.78, 5) is 12.0. The number of nitrogens with one attached hydrogen (secondary N) is 1. The first-order chi connectivity index (χ1) is 8.11. The summed E-state index contributed by atoms with van der Waals surface area (Å²) in [5.41, 5.74) is 7.35. The van der Waals surface area contributed by atoms with Gasteiger partial charge in [0.1, 0.15) is 11.4 Å². The lowest BCUT2D eigenvalue weighted by atomic mass is 10.1. The van der Waals surface area contributed by atoms with Crippen molar-refractivity contribution in [3.63, 3.8) is 0 Å². The molecule has 94 valence electrons. The van der Waals surface area contributed by atoms with E-state index in [4.69, 9.17) is 10.3 Å². The summed E-state index contributed by atoms with van der Waals surface area (Å²) in [6, 6.07) is 0.167. The Hall–Kier alpha value is -1.36. The Morgan fingerprint density at radius 2 is 2.35 bits per heavy atom. The van der Waals surface area contributed by atoms with Gasteiger partial charge in [0.25, 0.3) is 0 Å². The number of amides is 1. The number of hydrogen-bond acceptors (Lipinski definition) is 4. The van der Waals surface area contributed by atoms with E-state index in [0.717, 1.165) is 37.1 Å². The molecule has 1 aliphatic carbocycles. The molecule has 1 aliphatic rings. The van der Waals surface area contributed by atoms with Crippen LogP contribution in [0.2, 0.25) is 0 Å². The third kappa shape index (κ3) is 2.49. The zero-order valence-corrected chi connectivity index (χ0v) is 10.3. The fourth-order valence-corrected chi connectivity index (χ4v) is 2.30. The minimum absolute atomic E-state index is 0.0315. The van der Waals surface area contributed by atoms with Gasteiger partial charge in [-0.3, -0.25) is 4.79 Å². The maximum absolute atomic E-state index is 12.0. The molecule has 0 radical (unpaired) electrons. The molecule has 2 atom stereocenters. The topological polar surface area (TPSA) is 81.2 Å². The number of rotatable bonds is 3. The zero-order valence-electron chi connectivity index (χ0n) is 10.3. The van der Waals surface area contributed by atoms with Crippen molar-refractivity contribution in [3.8, 4) is 0 Å². The third-order valence-electron chi connectivity index (χ3n) is 3.36. The van der Waals surface area contributed by atoms with Crippen LogP contribution in [-0.2, 0) is 11.2 Å². The fourth-order valence-electron chi connectivity index (χ4n) is 2.30. The van der Waals surface area contributed by atoms with Crippen LogP contribution in [0.25, 0.3) is 0 Å². The molecule has 1 amide bonds. The second-order valence-electron chi connectivity index (χ2n) is 4.67. The summed E-state index contributed by atoms with van der Waals surface area (Å²) in [7, 11) is 0. The Morgan fingerprint density at radius 3 is 2.94 bits per heavy atom. The molecule has 3 N–H and O–H groups in total. The number of carbonyl (C=O) groups excluding carboxylic acids is 1. The van der Waals surface area contributed by atoms with Crippen molar-refractivity contribution in [3.05, 3.63) is 11.5 Å². The molecule has 0 aromatic carbocycles. The number of hydrogen-bond donors (Lipinski definition) is 2. The van der Waals surface area contributed by atoms with Crippen LogP contribution in [0.4, 0.5) is 5.69 Å². The van der Waals surface area contributed by atoms with Gasteiger partial charge in [-0.05, 0) is 32.6 Å². The highest BCUT2D eigenvalue weighted by molar-refractivity contribution is 5.93. The number of nitrogens with zero attached hydrogens (tertiary/aromatic N) is 1. The number of aryl methyl sites for hydroxylation is 2. The van der Waals surface area contributed by atoms with E-state index < -0.39 is 0 Å². The molecule has 1 heterocycles. The molecule has 0 saturated heterocycles. The lowest BCUT2D eigenvalue weighted by Gasteiger charge is -2.10. The van der Waals surface area contributed by atoms with E-state index in [-0.39, 0.29) is 17.9 Å². The van der Waals surface area contributed by atoms with Crippen molar-refractivity contribution >= 4 is 11.6 Å². The van der Waals surface area contributed by atoms with E-state index in [1.807, 2.05) is 13.8 Å². The van der Waals surface area contributed by atoms with Crippen LogP contribution in [0, 0.1) is 12.8 Å². The first kappa shape index (κ1) is 12.1. The Balaban J connectivity index is 2.05. The van der Waals surface area contributed by atoms with Crippen molar-refractivity contribution in [2.45, 2.75) is 45.6 Å². The average Bonchev–Trinajstić information content (AvgIpc) is 2.87. The zero-order chi connectivity index (χ0) is 12.4. The molecule has 0 aliphatic heterocycles. The van der Waals surface area contributed by atoms with Gasteiger partial charge < -0.3 is 15.6 Å². The quantitative estimate of drug-likeness (QED) is 0.836. The maximum atomic E-state index is 12.0. The van der Waals surface area contributed by atoms with Gasteiger partial charge in [0.2, 0.25) is 5.91 Å². The van der Waals surface area contributed by atoms with Crippen LogP contribution in [-0.4, -0.2) is 17.1 Å². The Bertz CT molecular complexity index is 414. The van der Waals surface area contributed by atoms with E-state index in [0.29, 0.717) is 5.76 Å². The summed E-state index contributed by atoms with van der Waals surface area (Å²) >= 11 is 0. The van der Waals surface area contributed by atoms with Crippen LogP contribution in [0.5, 0.6) is 0 Å². The second-order valence-corrected chi connectivity index (χ2v) is 4.67.